The summed E-state index contributed by atoms with van der Waals surface area (Å²) in [6.45, 7) is 12.6. The Kier molecular flexibility index (Phi) is 8.69. The van der Waals surface area contributed by atoms with Crippen molar-refractivity contribution in [2.24, 2.45) is 81.0 Å². The summed E-state index contributed by atoms with van der Waals surface area (Å²) in [6, 6.07) is 0. The van der Waals surface area contributed by atoms with Crippen LogP contribution in [0, 0.1) is 69.5 Å². The lowest BCUT2D eigenvalue weighted by atomic mass is 9.36. The van der Waals surface area contributed by atoms with Gasteiger partial charge in [0, 0.05) is 18.5 Å². The molecule has 0 radical (unpaired) electrons. The van der Waals surface area contributed by atoms with Gasteiger partial charge in [-0.05, 0) is 110 Å². The summed E-state index contributed by atoms with van der Waals surface area (Å²) < 4.78 is 0. The molecule has 0 saturated heterocycles. The van der Waals surface area contributed by atoms with Gasteiger partial charge >= 0.3 is 5.97 Å². The minimum Gasteiger partial charge on any atom is -0.481 e. The SMILES string of the molecule is C[C@@H]1C[C@@H](C(=O)O)C2CC[C@]3(C)C(CCC4C3CCC3[C@]4(C)C[C@@H](O)[C@H](O)[C@@]3(C)CO)C2[C@H]1C.NCCN. The number of hydrogen-bond acceptors (Lipinski definition) is 6. The molecule has 220 valence electrons. The molecule has 0 spiro atoms. The number of carboxylic acids is 1. The van der Waals surface area contributed by atoms with Gasteiger partial charge in [0.2, 0.25) is 0 Å². The fourth-order valence-electron chi connectivity index (χ4n) is 11.3. The van der Waals surface area contributed by atoms with Crippen LogP contribution in [0.3, 0.4) is 0 Å². The molecule has 8 N–H and O–H groups in total. The smallest absolute Gasteiger partial charge is 0.306 e. The Morgan fingerprint density at radius 1 is 0.895 bits per heavy atom. The van der Waals surface area contributed by atoms with Crippen molar-refractivity contribution >= 4 is 5.97 Å². The molecule has 0 aromatic carbocycles. The van der Waals surface area contributed by atoms with Crippen LogP contribution in [-0.4, -0.2) is 58.3 Å². The fourth-order valence-corrected chi connectivity index (χ4v) is 11.3. The van der Waals surface area contributed by atoms with Crippen LogP contribution in [0.1, 0.15) is 86.0 Å². The second-order valence-electron chi connectivity index (χ2n) is 14.8. The van der Waals surface area contributed by atoms with Gasteiger partial charge in [-0.25, -0.2) is 0 Å². The molecular formula is C31H56N2O5. The van der Waals surface area contributed by atoms with E-state index in [1.807, 2.05) is 6.92 Å². The standard InChI is InChI=1S/C29H48O5.C2H8N2/c1-15-12-18(26(33)34)17-10-11-27(3)19-8-9-23-28(4,13-22(31)25(32)29(23,5)14-30)20(19)6-7-21(27)24(17)16(15)2;3-1-2-4/h15-25,30-32H,6-14H2,1-5H3,(H,33,34);1-4H2/t15-,16+,17?,18-,19?,20?,21?,22-,23?,24?,25+,27+,28-,29+;/m1./s1. The minimum atomic E-state index is -0.869. The van der Waals surface area contributed by atoms with Gasteiger partial charge in [0.05, 0.1) is 24.7 Å². The van der Waals surface area contributed by atoms with Crippen LogP contribution in [0.25, 0.3) is 0 Å². The first kappa shape index (κ1) is 30.2. The molecule has 0 aromatic heterocycles. The van der Waals surface area contributed by atoms with E-state index >= 15 is 0 Å². The second kappa shape index (κ2) is 10.9. The molecule has 5 saturated carbocycles. The highest BCUT2D eigenvalue weighted by Gasteiger charge is 2.67. The predicted molar refractivity (Wildman–Crippen MR) is 149 cm³/mol. The highest BCUT2D eigenvalue weighted by molar-refractivity contribution is 5.70. The first-order valence-electron chi connectivity index (χ1n) is 15.4. The van der Waals surface area contributed by atoms with Gasteiger partial charge in [0.1, 0.15) is 0 Å². The Morgan fingerprint density at radius 3 is 2.05 bits per heavy atom. The minimum absolute atomic E-state index is 0.0844. The van der Waals surface area contributed by atoms with E-state index in [-0.39, 0.29) is 29.3 Å². The number of aliphatic hydroxyl groups excluding tert-OH is 3. The highest BCUT2D eigenvalue weighted by Crippen LogP contribution is 2.71. The van der Waals surface area contributed by atoms with Crippen molar-refractivity contribution in [2.75, 3.05) is 19.7 Å². The molecule has 38 heavy (non-hydrogen) atoms. The molecule has 0 bridgehead atoms. The average Bonchev–Trinajstić information content (AvgIpc) is 2.88. The van der Waals surface area contributed by atoms with Gasteiger partial charge in [-0.2, -0.15) is 0 Å². The molecule has 0 heterocycles. The molecule has 6 unspecified atom stereocenters. The predicted octanol–water partition coefficient (Wildman–Crippen LogP) is 3.48. The van der Waals surface area contributed by atoms with E-state index < -0.39 is 23.6 Å². The number of carboxylic acid groups (broad SMARTS) is 1. The molecule has 5 aliphatic carbocycles. The van der Waals surface area contributed by atoms with Crippen LogP contribution < -0.4 is 11.5 Å². The molecule has 0 aromatic rings. The van der Waals surface area contributed by atoms with E-state index in [4.69, 9.17) is 11.5 Å². The quantitative estimate of drug-likeness (QED) is 0.323. The number of rotatable bonds is 3. The van der Waals surface area contributed by atoms with Gasteiger partial charge in [0.15, 0.2) is 0 Å². The van der Waals surface area contributed by atoms with E-state index in [9.17, 15) is 25.2 Å². The largest absolute Gasteiger partial charge is 0.481 e. The summed E-state index contributed by atoms with van der Waals surface area (Å²) in [6.07, 6.45) is 6.35. The zero-order chi connectivity index (χ0) is 28.2. The Bertz CT molecular complexity index is 854. The first-order valence-corrected chi connectivity index (χ1v) is 15.4. The third-order valence-corrected chi connectivity index (χ3v) is 13.3. The lowest BCUT2D eigenvalue weighted by Gasteiger charge is -2.69. The molecular weight excluding hydrogens is 480 g/mol. The normalized spacial score (nSPS) is 53.8. The molecule has 5 rings (SSSR count). The van der Waals surface area contributed by atoms with Crippen molar-refractivity contribution < 1.29 is 25.2 Å². The molecule has 0 aliphatic heterocycles. The Balaban J connectivity index is 0.000000786. The molecule has 5 fully saturated rings. The van der Waals surface area contributed by atoms with E-state index in [0.29, 0.717) is 60.9 Å². The van der Waals surface area contributed by atoms with Crippen LogP contribution in [-0.2, 0) is 4.79 Å². The number of hydrogen-bond donors (Lipinski definition) is 6. The number of aliphatic carboxylic acids is 1. The number of aliphatic hydroxyl groups is 3. The lowest BCUT2D eigenvalue weighted by Crippen LogP contribution is -2.66. The third kappa shape index (κ3) is 4.47. The van der Waals surface area contributed by atoms with Crippen molar-refractivity contribution in [2.45, 2.75) is 98.2 Å². The van der Waals surface area contributed by atoms with E-state index in [2.05, 4.69) is 27.7 Å². The topological polar surface area (TPSA) is 150 Å². The summed E-state index contributed by atoms with van der Waals surface area (Å²) >= 11 is 0. The van der Waals surface area contributed by atoms with Crippen LogP contribution in [0.4, 0.5) is 0 Å². The third-order valence-electron chi connectivity index (χ3n) is 13.3. The van der Waals surface area contributed by atoms with Crippen LogP contribution in [0.15, 0.2) is 0 Å². The summed E-state index contributed by atoms with van der Waals surface area (Å²) in [5.41, 5.74) is 9.27. The summed E-state index contributed by atoms with van der Waals surface area (Å²) in [4.78, 5) is 12.2. The average molecular weight is 537 g/mol. The van der Waals surface area contributed by atoms with Crippen molar-refractivity contribution in [3.63, 3.8) is 0 Å². The molecule has 14 atom stereocenters. The molecule has 7 heteroatoms. The van der Waals surface area contributed by atoms with Crippen molar-refractivity contribution in [3.8, 4) is 0 Å². The monoisotopic (exact) mass is 536 g/mol. The van der Waals surface area contributed by atoms with E-state index in [1.54, 1.807) is 0 Å². The van der Waals surface area contributed by atoms with Crippen LogP contribution in [0.5, 0.6) is 0 Å². The summed E-state index contributed by atoms with van der Waals surface area (Å²) in [5, 5.41) is 42.2. The maximum Gasteiger partial charge on any atom is 0.306 e. The maximum absolute atomic E-state index is 12.2. The highest BCUT2D eigenvalue weighted by atomic mass is 16.4. The van der Waals surface area contributed by atoms with Gasteiger partial charge in [-0.15, -0.1) is 0 Å². The van der Waals surface area contributed by atoms with Gasteiger partial charge in [-0.1, -0.05) is 34.6 Å². The number of fused-ring (bicyclic) bond motifs is 7. The zero-order valence-corrected chi connectivity index (χ0v) is 24.5. The number of carbonyl (C=O) groups is 1. The maximum atomic E-state index is 12.2. The fraction of sp³-hybridized carbons (Fsp3) is 0.968. The zero-order valence-electron chi connectivity index (χ0n) is 24.5. The van der Waals surface area contributed by atoms with Gasteiger partial charge in [0.25, 0.3) is 0 Å². The van der Waals surface area contributed by atoms with E-state index in [0.717, 1.165) is 44.9 Å². The van der Waals surface area contributed by atoms with Crippen LogP contribution in [0.2, 0.25) is 0 Å². The lowest BCUT2D eigenvalue weighted by molar-refractivity contribution is -0.244. The van der Waals surface area contributed by atoms with Crippen molar-refractivity contribution in [1.29, 1.82) is 0 Å². The van der Waals surface area contributed by atoms with Crippen molar-refractivity contribution in [3.05, 3.63) is 0 Å². The Morgan fingerprint density at radius 2 is 1.47 bits per heavy atom. The molecule has 5 aliphatic rings. The number of nitrogens with two attached hydrogens (primary N) is 2. The Labute approximate surface area is 230 Å². The summed E-state index contributed by atoms with van der Waals surface area (Å²) in [7, 11) is 0. The van der Waals surface area contributed by atoms with Gasteiger partial charge < -0.3 is 31.9 Å². The van der Waals surface area contributed by atoms with Crippen LogP contribution >= 0.6 is 0 Å². The first-order chi connectivity index (χ1) is 17.8. The van der Waals surface area contributed by atoms with E-state index in [1.165, 1.54) is 0 Å². The summed E-state index contributed by atoms with van der Waals surface area (Å²) in [5.74, 6) is 2.92. The second-order valence-corrected chi connectivity index (χ2v) is 14.8. The Hall–Kier alpha value is -0.730. The van der Waals surface area contributed by atoms with Crippen molar-refractivity contribution in [1.82, 2.24) is 0 Å². The molecule has 0 amide bonds. The van der Waals surface area contributed by atoms with Gasteiger partial charge in [-0.3, -0.25) is 4.79 Å². The molecule has 7 nitrogen and oxygen atoms in total.